The Bertz CT molecular complexity index is 536. The zero-order chi connectivity index (χ0) is 16.1. The topological polar surface area (TPSA) is 50.8 Å². The van der Waals surface area contributed by atoms with E-state index in [1.54, 1.807) is 4.90 Å². The number of amides is 1. The third kappa shape index (κ3) is 4.26. The van der Waals surface area contributed by atoms with Gasteiger partial charge in [-0.05, 0) is 25.5 Å². The van der Waals surface area contributed by atoms with Crippen LogP contribution in [0.1, 0.15) is 30.1 Å². The highest BCUT2D eigenvalue weighted by Crippen LogP contribution is 2.30. The molecular weight excluding hydrogens is 323 g/mol. The zero-order valence-electron chi connectivity index (χ0n) is 13.7. The fourth-order valence-electron chi connectivity index (χ4n) is 2.77. The second-order valence-corrected chi connectivity index (χ2v) is 5.33. The molecule has 1 saturated heterocycles. The molecule has 0 radical (unpaired) electrons. The summed E-state index contributed by atoms with van der Waals surface area (Å²) >= 11 is 0. The lowest BCUT2D eigenvalue weighted by Crippen LogP contribution is -2.42. The number of ether oxygens (including phenoxy) is 2. The first-order chi connectivity index (χ1) is 10.6. The van der Waals surface area contributed by atoms with Crippen molar-refractivity contribution >= 4 is 18.3 Å². The summed E-state index contributed by atoms with van der Waals surface area (Å²) in [6.07, 6.45) is 1.72. The average molecular weight is 347 g/mol. The second-order valence-electron chi connectivity index (χ2n) is 5.33. The minimum atomic E-state index is -0.588. The zero-order valence-corrected chi connectivity index (χ0v) is 14.5. The van der Waals surface area contributed by atoms with Gasteiger partial charge in [-0.25, -0.2) is 4.39 Å². The van der Waals surface area contributed by atoms with Crippen LogP contribution < -0.4 is 14.8 Å². The molecular formula is C16H24ClFN2O3. The highest BCUT2D eigenvalue weighted by atomic mass is 35.5. The molecule has 1 heterocycles. The van der Waals surface area contributed by atoms with E-state index in [0.717, 1.165) is 25.9 Å². The van der Waals surface area contributed by atoms with E-state index in [-0.39, 0.29) is 35.7 Å². The number of rotatable bonds is 6. The first-order valence-corrected chi connectivity index (χ1v) is 7.55. The number of carbonyl (C=O) groups excluding carboxylic acids is 1. The summed E-state index contributed by atoms with van der Waals surface area (Å²) in [6.45, 7) is 4.25. The predicted molar refractivity (Wildman–Crippen MR) is 89.4 cm³/mol. The summed E-state index contributed by atoms with van der Waals surface area (Å²) in [5.41, 5.74) is 0.0259. The molecule has 1 unspecified atom stereocenters. The summed E-state index contributed by atoms with van der Waals surface area (Å²) in [7, 11) is 2.90. The fraction of sp³-hybridized carbons (Fsp3) is 0.562. The normalized spacial score (nSPS) is 16.6. The molecule has 5 nitrogen and oxygen atoms in total. The van der Waals surface area contributed by atoms with E-state index in [2.05, 4.69) is 5.32 Å². The van der Waals surface area contributed by atoms with E-state index in [0.29, 0.717) is 12.3 Å². The van der Waals surface area contributed by atoms with Crippen LogP contribution in [0.2, 0.25) is 0 Å². The molecule has 0 bridgehead atoms. The van der Waals surface area contributed by atoms with Crippen LogP contribution in [0.4, 0.5) is 4.39 Å². The van der Waals surface area contributed by atoms with Crippen molar-refractivity contribution in [2.75, 3.05) is 33.9 Å². The van der Waals surface area contributed by atoms with Gasteiger partial charge in [0.05, 0.1) is 19.8 Å². The van der Waals surface area contributed by atoms with Gasteiger partial charge in [0, 0.05) is 25.2 Å². The molecule has 1 N–H and O–H groups in total. The van der Waals surface area contributed by atoms with Crippen molar-refractivity contribution in [2.45, 2.75) is 25.8 Å². The Morgan fingerprint density at radius 2 is 2.00 bits per heavy atom. The standard InChI is InChI=1S/C16H23FN2O3.ClH/c1-4-7-19(11-5-6-18-10-11)16(20)12-8-14(21-2)15(22-3)9-13(12)17;/h8-9,11,18H,4-7,10H2,1-3H3;1H. The fourth-order valence-corrected chi connectivity index (χ4v) is 2.77. The van der Waals surface area contributed by atoms with E-state index in [1.807, 2.05) is 6.92 Å². The molecule has 7 heteroatoms. The second kappa shape index (κ2) is 8.93. The van der Waals surface area contributed by atoms with Crippen LogP contribution in [0.3, 0.4) is 0 Å². The van der Waals surface area contributed by atoms with E-state index < -0.39 is 5.82 Å². The van der Waals surface area contributed by atoms with Crippen molar-refractivity contribution < 1.29 is 18.7 Å². The molecule has 1 aromatic rings. The van der Waals surface area contributed by atoms with Gasteiger partial charge in [-0.3, -0.25) is 4.79 Å². The Morgan fingerprint density at radius 1 is 1.35 bits per heavy atom. The number of nitrogens with one attached hydrogen (secondary N) is 1. The summed E-state index contributed by atoms with van der Waals surface area (Å²) in [6, 6.07) is 2.73. The lowest BCUT2D eigenvalue weighted by atomic mass is 10.1. The Hall–Kier alpha value is -1.53. The number of benzene rings is 1. The molecule has 23 heavy (non-hydrogen) atoms. The molecule has 1 aromatic carbocycles. The van der Waals surface area contributed by atoms with Gasteiger partial charge in [0.25, 0.3) is 5.91 Å². The lowest BCUT2D eigenvalue weighted by Gasteiger charge is -2.28. The van der Waals surface area contributed by atoms with Crippen molar-refractivity contribution in [1.29, 1.82) is 0 Å². The minimum absolute atomic E-state index is 0. The van der Waals surface area contributed by atoms with E-state index in [4.69, 9.17) is 9.47 Å². The number of halogens is 2. The number of nitrogens with zero attached hydrogens (tertiary/aromatic N) is 1. The molecule has 1 amide bonds. The Morgan fingerprint density at radius 3 is 2.52 bits per heavy atom. The lowest BCUT2D eigenvalue weighted by molar-refractivity contribution is 0.0687. The maximum Gasteiger partial charge on any atom is 0.257 e. The average Bonchev–Trinajstić information content (AvgIpc) is 3.05. The third-order valence-electron chi connectivity index (χ3n) is 3.90. The van der Waals surface area contributed by atoms with Gasteiger partial charge in [0.2, 0.25) is 0 Å². The maximum absolute atomic E-state index is 14.3. The van der Waals surface area contributed by atoms with Crippen LogP contribution in [-0.4, -0.2) is 50.7 Å². The summed E-state index contributed by atoms with van der Waals surface area (Å²) in [5, 5.41) is 3.24. The van der Waals surface area contributed by atoms with E-state index in [1.165, 1.54) is 26.4 Å². The van der Waals surface area contributed by atoms with Crippen LogP contribution in [-0.2, 0) is 0 Å². The van der Waals surface area contributed by atoms with Gasteiger partial charge >= 0.3 is 0 Å². The first kappa shape index (κ1) is 19.5. The van der Waals surface area contributed by atoms with Crippen molar-refractivity contribution in [2.24, 2.45) is 0 Å². The summed E-state index contributed by atoms with van der Waals surface area (Å²) in [4.78, 5) is 14.5. The number of hydrogen-bond donors (Lipinski definition) is 1. The van der Waals surface area contributed by atoms with Crippen molar-refractivity contribution in [3.8, 4) is 11.5 Å². The molecule has 2 rings (SSSR count). The van der Waals surface area contributed by atoms with E-state index >= 15 is 0 Å². The van der Waals surface area contributed by atoms with E-state index in [9.17, 15) is 9.18 Å². The number of hydrogen-bond acceptors (Lipinski definition) is 4. The predicted octanol–water partition coefficient (Wildman–Crippen LogP) is 2.48. The molecule has 1 aliphatic rings. The minimum Gasteiger partial charge on any atom is -0.493 e. The van der Waals surface area contributed by atoms with Crippen molar-refractivity contribution in [1.82, 2.24) is 10.2 Å². The molecule has 0 aromatic heterocycles. The molecule has 0 aliphatic carbocycles. The molecule has 1 fully saturated rings. The first-order valence-electron chi connectivity index (χ1n) is 7.55. The summed E-state index contributed by atoms with van der Waals surface area (Å²) < 4.78 is 24.5. The SMILES string of the molecule is CCCN(C(=O)c1cc(OC)c(OC)cc1F)C1CCNC1.Cl. The van der Waals surface area contributed by atoms with Crippen LogP contribution in [0.25, 0.3) is 0 Å². The quantitative estimate of drug-likeness (QED) is 0.859. The Labute approximate surface area is 142 Å². The largest absolute Gasteiger partial charge is 0.493 e. The smallest absolute Gasteiger partial charge is 0.257 e. The van der Waals surface area contributed by atoms with Crippen LogP contribution in [0.15, 0.2) is 12.1 Å². The molecule has 1 atom stereocenters. The molecule has 130 valence electrons. The third-order valence-corrected chi connectivity index (χ3v) is 3.90. The highest BCUT2D eigenvalue weighted by Gasteiger charge is 2.29. The van der Waals surface area contributed by atoms with Crippen LogP contribution >= 0.6 is 12.4 Å². The van der Waals surface area contributed by atoms with Gasteiger partial charge in [0.1, 0.15) is 5.82 Å². The maximum atomic E-state index is 14.3. The molecule has 1 aliphatic heterocycles. The monoisotopic (exact) mass is 346 g/mol. The van der Waals surface area contributed by atoms with Gasteiger partial charge in [-0.15, -0.1) is 12.4 Å². The molecule has 0 spiro atoms. The van der Waals surface area contributed by atoms with Crippen LogP contribution in [0, 0.1) is 5.82 Å². The summed E-state index contributed by atoms with van der Waals surface area (Å²) in [5.74, 6) is -0.252. The van der Waals surface area contributed by atoms with Gasteiger partial charge in [0.15, 0.2) is 11.5 Å². The van der Waals surface area contributed by atoms with Gasteiger partial charge < -0.3 is 19.7 Å². The Balaban J connectivity index is 0.00000264. The van der Waals surface area contributed by atoms with Gasteiger partial charge in [-0.1, -0.05) is 6.92 Å². The number of carbonyl (C=O) groups is 1. The molecule has 0 saturated carbocycles. The van der Waals surface area contributed by atoms with Crippen LogP contribution in [0.5, 0.6) is 11.5 Å². The van der Waals surface area contributed by atoms with Crippen molar-refractivity contribution in [3.63, 3.8) is 0 Å². The number of methoxy groups -OCH3 is 2. The van der Waals surface area contributed by atoms with Crippen molar-refractivity contribution in [3.05, 3.63) is 23.5 Å². The van der Waals surface area contributed by atoms with Gasteiger partial charge in [-0.2, -0.15) is 0 Å². The highest BCUT2D eigenvalue weighted by molar-refractivity contribution is 5.95. The Kier molecular flexibility index (Phi) is 7.58.